The molecule has 0 bridgehead atoms. The number of aryl methyl sites for hydroxylation is 1. The highest BCUT2D eigenvalue weighted by molar-refractivity contribution is 8.01. The van der Waals surface area contributed by atoms with Crippen LogP contribution in [0.1, 0.15) is 31.0 Å². The molecule has 1 aliphatic carbocycles. The molecule has 27 heavy (non-hydrogen) atoms. The fourth-order valence-corrected chi connectivity index (χ4v) is 4.63. The van der Waals surface area contributed by atoms with Crippen LogP contribution in [0.3, 0.4) is 0 Å². The molecule has 1 amide bonds. The lowest BCUT2D eigenvalue weighted by atomic mass is 10.2. The van der Waals surface area contributed by atoms with Crippen LogP contribution in [0.25, 0.3) is 11.4 Å². The fraction of sp³-hybridized carbons (Fsp3) is 0.333. The minimum Gasteiger partial charge on any atom is -0.284 e. The van der Waals surface area contributed by atoms with Crippen LogP contribution in [0.15, 0.2) is 33.9 Å². The van der Waals surface area contributed by atoms with Gasteiger partial charge in [-0.05, 0) is 50.6 Å². The van der Waals surface area contributed by atoms with Crippen LogP contribution in [0.5, 0.6) is 0 Å². The van der Waals surface area contributed by atoms with E-state index in [-0.39, 0.29) is 11.9 Å². The molecule has 0 aromatic carbocycles. The van der Waals surface area contributed by atoms with Gasteiger partial charge in [0.25, 0.3) is 0 Å². The van der Waals surface area contributed by atoms with Gasteiger partial charge >= 0.3 is 0 Å². The average Bonchev–Trinajstić information content (AvgIpc) is 3.38. The predicted octanol–water partition coefficient (Wildman–Crippen LogP) is 3.67. The van der Waals surface area contributed by atoms with Crippen molar-refractivity contribution in [2.24, 2.45) is 0 Å². The zero-order valence-electron chi connectivity index (χ0n) is 15.2. The quantitative estimate of drug-likeness (QED) is 0.479. The molecule has 0 saturated heterocycles. The van der Waals surface area contributed by atoms with Crippen molar-refractivity contribution in [2.45, 2.75) is 49.0 Å². The first-order chi connectivity index (χ1) is 13.0. The average molecular weight is 399 g/mol. The first kappa shape index (κ1) is 18.0. The molecule has 0 spiro atoms. The van der Waals surface area contributed by atoms with Crippen LogP contribution >= 0.6 is 23.1 Å². The third-order valence-electron chi connectivity index (χ3n) is 4.30. The Morgan fingerprint density at radius 2 is 2.07 bits per heavy atom. The summed E-state index contributed by atoms with van der Waals surface area (Å²) in [6.07, 6.45) is 5.53. The van der Waals surface area contributed by atoms with Crippen LogP contribution in [-0.2, 0) is 4.79 Å². The van der Waals surface area contributed by atoms with Crippen molar-refractivity contribution in [1.29, 1.82) is 0 Å². The summed E-state index contributed by atoms with van der Waals surface area (Å²) in [6, 6.07) is 4.08. The summed E-state index contributed by atoms with van der Waals surface area (Å²) in [7, 11) is 0. The van der Waals surface area contributed by atoms with E-state index in [4.69, 9.17) is 4.98 Å². The molecule has 138 valence electrons. The van der Waals surface area contributed by atoms with Gasteiger partial charge in [0.2, 0.25) is 11.0 Å². The normalized spacial score (nSPS) is 13.6. The standard InChI is InChI=1S/C18H18N6OS2/c1-10-11(2)20-15(13-5-4-8-19-9-13)21-16(10)26-18-23-22-17(27-18)24(12(3)25)14-6-7-14/h4-5,8-9,14H,6-7H2,1-3H3. The van der Waals surface area contributed by atoms with Gasteiger partial charge in [0.15, 0.2) is 10.2 Å². The van der Waals surface area contributed by atoms with Gasteiger partial charge in [-0.2, -0.15) is 0 Å². The molecule has 1 aliphatic rings. The lowest BCUT2D eigenvalue weighted by Gasteiger charge is -2.15. The Morgan fingerprint density at radius 1 is 1.26 bits per heavy atom. The third kappa shape index (κ3) is 3.84. The summed E-state index contributed by atoms with van der Waals surface area (Å²) in [6.45, 7) is 5.54. The number of hydrogen-bond acceptors (Lipinski definition) is 8. The van der Waals surface area contributed by atoms with E-state index in [9.17, 15) is 4.79 Å². The van der Waals surface area contributed by atoms with E-state index in [2.05, 4.69) is 20.2 Å². The topological polar surface area (TPSA) is 84.8 Å². The smallest absolute Gasteiger partial charge is 0.225 e. The Hall–Kier alpha value is -2.39. The molecule has 0 radical (unpaired) electrons. The van der Waals surface area contributed by atoms with E-state index in [0.29, 0.717) is 11.0 Å². The SMILES string of the molecule is CC(=O)N(c1nnc(Sc2nc(-c3cccnc3)nc(C)c2C)s1)C1CC1. The van der Waals surface area contributed by atoms with Crippen LogP contribution in [0, 0.1) is 13.8 Å². The number of carbonyl (C=O) groups excluding carboxylic acids is 1. The predicted molar refractivity (Wildman–Crippen MR) is 105 cm³/mol. The molecule has 3 heterocycles. The zero-order valence-corrected chi connectivity index (χ0v) is 16.8. The van der Waals surface area contributed by atoms with Gasteiger partial charge in [-0.3, -0.25) is 14.7 Å². The molecule has 1 fully saturated rings. The van der Waals surface area contributed by atoms with Crippen LogP contribution < -0.4 is 4.90 Å². The van der Waals surface area contributed by atoms with Crippen LogP contribution in [0.4, 0.5) is 5.13 Å². The fourth-order valence-electron chi connectivity index (χ4n) is 2.63. The molecule has 9 heteroatoms. The van der Waals surface area contributed by atoms with E-state index in [1.807, 2.05) is 26.0 Å². The molecule has 3 aromatic heterocycles. The highest BCUT2D eigenvalue weighted by atomic mass is 32.2. The Morgan fingerprint density at radius 3 is 2.74 bits per heavy atom. The van der Waals surface area contributed by atoms with Crippen molar-refractivity contribution < 1.29 is 4.79 Å². The number of aromatic nitrogens is 5. The first-order valence-corrected chi connectivity index (χ1v) is 10.2. The summed E-state index contributed by atoms with van der Waals surface area (Å²) in [5.74, 6) is 0.653. The Bertz CT molecular complexity index is 987. The highest BCUT2D eigenvalue weighted by Crippen LogP contribution is 2.38. The molecular weight excluding hydrogens is 380 g/mol. The number of rotatable bonds is 5. The largest absolute Gasteiger partial charge is 0.284 e. The molecule has 0 N–H and O–H groups in total. The monoisotopic (exact) mass is 398 g/mol. The molecule has 7 nitrogen and oxygen atoms in total. The number of anilines is 1. The number of hydrogen-bond donors (Lipinski definition) is 0. The van der Waals surface area contributed by atoms with E-state index < -0.39 is 0 Å². The van der Waals surface area contributed by atoms with Gasteiger partial charge in [0.1, 0.15) is 5.03 Å². The lowest BCUT2D eigenvalue weighted by molar-refractivity contribution is -0.116. The van der Waals surface area contributed by atoms with Crippen molar-refractivity contribution in [2.75, 3.05) is 4.90 Å². The maximum Gasteiger partial charge on any atom is 0.225 e. The van der Waals surface area contributed by atoms with Gasteiger partial charge in [0, 0.05) is 42.2 Å². The van der Waals surface area contributed by atoms with E-state index >= 15 is 0 Å². The number of amides is 1. The molecule has 0 unspecified atom stereocenters. The van der Waals surface area contributed by atoms with Crippen molar-refractivity contribution in [3.05, 3.63) is 35.8 Å². The van der Waals surface area contributed by atoms with E-state index in [0.717, 1.165) is 39.0 Å². The van der Waals surface area contributed by atoms with Crippen molar-refractivity contribution in [3.8, 4) is 11.4 Å². The van der Waals surface area contributed by atoms with E-state index in [1.165, 1.54) is 23.1 Å². The highest BCUT2D eigenvalue weighted by Gasteiger charge is 2.34. The molecular formula is C18H18N6OS2. The van der Waals surface area contributed by atoms with E-state index in [1.54, 1.807) is 24.2 Å². The van der Waals surface area contributed by atoms with Crippen molar-refractivity contribution in [1.82, 2.24) is 25.1 Å². The number of nitrogens with zero attached hydrogens (tertiary/aromatic N) is 6. The van der Waals surface area contributed by atoms with Gasteiger partial charge in [-0.1, -0.05) is 11.3 Å². The number of pyridine rings is 1. The summed E-state index contributed by atoms with van der Waals surface area (Å²) in [5, 5.41) is 9.98. The van der Waals surface area contributed by atoms with Gasteiger partial charge in [-0.25, -0.2) is 9.97 Å². The minimum absolute atomic E-state index is 0.0122. The van der Waals surface area contributed by atoms with Crippen LogP contribution in [-0.4, -0.2) is 37.1 Å². The first-order valence-electron chi connectivity index (χ1n) is 8.59. The molecule has 4 rings (SSSR count). The number of carbonyl (C=O) groups is 1. The summed E-state index contributed by atoms with van der Waals surface area (Å²) < 4.78 is 0.759. The minimum atomic E-state index is 0.0122. The van der Waals surface area contributed by atoms with Gasteiger partial charge in [-0.15, -0.1) is 10.2 Å². The van der Waals surface area contributed by atoms with Crippen LogP contribution in [0.2, 0.25) is 0 Å². The van der Waals surface area contributed by atoms with Crippen molar-refractivity contribution >= 4 is 34.1 Å². The van der Waals surface area contributed by atoms with Gasteiger partial charge in [0.05, 0.1) is 0 Å². The van der Waals surface area contributed by atoms with Gasteiger partial charge < -0.3 is 0 Å². The Labute approximate surface area is 165 Å². The Balaban J connectivity index is 1.63. The molecule has 1 saturated carbocycles. The maximum absolute atomic E-state index is 11.9. The van der Waals surface area contributed by atoms with Crippen molar-refractivity contribution in [3.63, 3.8) is 0 Å². The molecule has 0 atom stereocenters. The molecule has 3 aromatic rings. The second-order valence-corrected chi connectivity index (χ2v) is 8.57. The second-order valence-electron chi connectivity index (χ2n) is 6.38. The lowest BCUT2D eigenvalue weighted by Crippen LogP contribution is -2.30. The Kier molecular flexibility index (Phi) is 4.88. The zero-order chi connectivity index (χ0) is 19.0. The summed E-state index contributed by atoms with van der Waals surface area (Å²) >= 11 is 2.88. The maximum atomic E-state index is 11.9. The second kappa shape index (κ2) is 7.32. The third-order valence-corrected chi connectivity index (χ3v) is 6.37. The summed E-state index contributed by atoms with van der Waals surface area (Å²) in [5.41, 5.74) is 2.80. The molecule has 0 aliphatic heterocycles. The summed E-state index contributed by atoms with van der Waals surface area (Å²) in [4.78, 5) is 27.1.